The molecule has 4 nitrogen and oxygen atoms in total. The zero-order valence-corrected chi connectivity index (χ0v) is 13.7. The van der Waals surface area contributed by atoms with Gasteiger partial charge in [-0.05, 0) is 38.1 Å². The van der Waals surface area contributed by atoms with Crippen LogP contribution in [-0.2, 0) is 4.79 Å². The minimum Gasteiger partial charge on any atom is -0.490 e. The van der Waals surface area contributed by atoms with Crippen molar-refractivity contribution in [3.63, 3.8) is 0 Å². The van der Waals surface area contributed by atoms with E-state index in [1.165, 1.54) is 12.1 Å². The van der Waals surface area contributed by atoms with Gasteiger partial charge in [0.25, 0.3) is 5.91 Å². The summed E-state index contributed by atoms with van der Waals surface area (Å²) in [6.07, 6.45) is 1.25. The van der Waals surface area contributed by atoms with Crippen molar-refractivity contribution < 1.29 is 18.3 Å². The van der Waals surface area contributed by atoms with Gasteiger partial charge in [-0.25, -0.2) is 8.78 Å². The maximum atomic E-state index is 14.5. The molecule has 2 heterocycles. The van der Waals surface area contributed by atoms with Gasteiger partial charge in [-0.1, -0.05) is 6.07 Å². The normalized spacial score (nSPS) is 21.5. The summed E-state index contributed by atoms with van der Waals surface area (Å²) in [7, 11) is 0. The van der Waals surface area contributed by atoms with Gasteiger partial charge in [-0.2, -0.15) is 0 Å². The quantitative estimate of drug-likeness (QED) is 0.917. The van der Waals surface area contributed by atoms with Crippen molar-refractivity contribution >= 4 is 5.91 Å². The standard InChI is InChI=1S/C18H24F2N2O2/c19-14-2-1-3-16(12-14)24-15-6-10-22(11-7-15)18(23)17(20)13-4-8-21-9-5-13/h1-3,12-13,15,17,21H,4-11H2. The molecular weight excluding hydrogens is 314 g/mol. The molecule has 2 fully saturated rings. The predicted octanol–water partition coefficient (Wildman–Crippen LogP) is 2.53. The third kappa shape index (κ3) is 4.23. The van der Waals surface area contributed by atoms with Crippen LogP contribution in [0.25, 0.3) is 0 Å². The zero-order valence-electron chi connectivity index (χ0n) is 13.7. The van der Waals surface area contributed by atoms with Gasteiger partial charge in [0.2, 0.25) is 0 Å². The van der Waals surface area contributed by atoms with Crippen LogP contribution in [0.2, 0.25) is 0 Å². The van der Waals surface area contributed by atoms with Crippen LogP contribution in [0.15, 0.2) is 24.3 Å². The Balaban J connectivity index is 1.48. The molecule has 2 aliphatic rings. The third-order valence-corrected chi connectivity index (χ3v) is 4.89. The molecule has 1 N–H and O–H groups in total. The van der Waals surface area contributed by atoms with E-state index in [9.17, 15) is 13.6 Å². The first kappa shape index (κ1) is 17.1. The number of rotatable bonds is 4. The predicted molar refractivity (Wildman–Crippen MR) is 87.1 cm³/mol. The van der Waals surface area contributed by atoms with Crippen molar-refractivity contribution in [2.75, 3.05) is 26.2 Å². The smallest absolute Gasteiger partial charge is 0.257 e. The Morgan fingerprint density at radius 2 is 1.92 bits per heavy atom. The average Bonchev–Trinajstić information content (AvgIpc) is 2.62. The van der Waals surface area contributed by atoms with Gasteiger partial charge >= 0.3 is 0 Å². The van der Waals surface area contributed by atoms with E-state index in [4.69, 9.17) is 4.74 Å². The fourth-order valence-electron chi connectivity index (χ4n) is 3.44. The largest absolute Gasteiger partial charge is 0.490 e. The number of carbonyl (C=O) groups is 1. The molecule has 1 unspecified atom stereocenters. The van der Waals surface area contributed by atoms with Crippen molar-refractivity contribution in [2.45, 2.75) is 38.0 Å². The van der Waals surface area contributed by atoms with Gasteiger partial charge in [-0.15, -0.1) is 0 Å². The summed E-state index contributed by atoms with van der Waals surface area (Å²) in [5, 5.41) is 3.19. The van der Waals surface area contributed by atoms with E-state index < -0.39 is 6.17 Å². The van der Waals surface area contributed by atoms with Crippen molar-refractivity contribution in [3.8, 4) is 5.75 Å². The molecule has 0 saturated carbocycles. The number of nitrogens with one attached hydrogen (secondary N) is 1. The van der Waals surface area contributed by atoms with E-state index in [-0.39, 0.29) is 23.7 Å². The minimum absolute atomic E-state index is 0.0622. The zero-order chi connectivity index (χ0) is 16.9. The molecule has 1 atom stereocenters. The Morgan fingerprint density at radius 3 is 2.58 bits per heavy atom. The third-order valence-electron chi connectivity index (χ3n) is 4.89. The van der Waals surface area contributed by atoms with Crippen molar-refractivity contribution in [1.82, 2.24) is 10.2 Å². The number of nitrogens with zero attached hydrogens (tertiary/aromatic N) is 1. The lowest BCUT2D eigenvalue weighted by Gasteiger charge is -2.35. The summed E-state index contributed by atoms with van der Waals surface area (Å²) in [6.45, 7) is 2.54. The summed E-state index contributed by atoms with van der Waals surface area (Å²) >= 11 is 0. The molecule has 1 aromatic rings. The number of hydrogen-bond donors (Lipinski definition) is 1. The van der Waals surface area contributed by atoms with E-state index in [0.29, 0.717) is 44.5 Å². The highest BCUT2D eigenvalue weighted by Crippen LogP contribution is 2.24. The van der Waals surface area contributed by atoms with E-state index >= 15 is 0 Å². The lowest BCUT2D eigenvalue weighted by molar-refractivity contribution is -0.140. The minimum atomic E-state index is -1.40. The Hall–Kier alpha value is -1.69. The molecule has 2 aliphatic heterocycles. The molecule has 132 valence electrons. The van der Waals surface area contributed by atoms with E-state index in [1.54, 1.807) is 17.0 Å². The monoisotopic (exact) mass is 338 g/mol. The van der Waals surface area contributed by atoms with Crippen LogP contribution in [0.5, 0.6) is 5.75 Å². The van der Waals surface area contributed by atoms with Crippen molar-refractivity contribution in [1.29, 1.82) is 0 Å². The molecule has 3 rings (SSSR count). The Bertz CT molecular complexity index is 556. The first-order valence-electron chi connectivity index (χ1n) is 8.69. The van der Waals surface area contributed by atoms with Crippen LogP contribution in [0, 0.1) is 11.7 Å². The highest BCUT2D eigenvalue weighted by atomic mass is 19.1. The average molecular weight is 338 g/mol. The lowest BCUT2D eigenvalue weighted by atomic mass is 9.92. The Labute approximate surface area is 141 Å². The summed E-state index contributed by atoms with van der Waals surface area (Å²) in [4.78, 5) is 14.0. The molecule has 6 heteroatoms. The van der Waals surface area contributed by atoms with Gasteiger partial charge in [0, 0.05) is 37.9 Å². The number of benzene rings is 1. The molecule has 24 heavy (non-hydrogen) atoms. The molecule has 0 aliphatic carbocycles. The fourth-order valence-corrected chi connectivity index (χ4v) is 3.44. The van der Waals surface area contributed by atoms with Gasteiger partial charge < -0.3 is 15.0 Å². The molecule has 0 bridgehead atoms. The topological polar surface area (TPSA) is 41.6 Å². The van der Waals surface area contributed by atoms with Crippen LogP contribution in [-0.4, -0.2) is 49.3 Å². The van der Waals surface area contributed by atoms with Crippen LogP contribution in [0.1, 0.15) is 25.7 Å². The number of amides is 1. The number of ether oxygens (including phenoxy) is 1. The maximum Gasteiger partial charge on any atom is 0.257 e. The fraction of sp³-hybridized carbons (Fsp3) is 0.611. The summed E-state index contributed by atoms with van der Waals surface area (Å²) in [5.41, 5.74) is 0. The molecule has 0 aromatic heterocycles. The number of carbonyl (C=O) groups excluding carboxylic acids is 1. The first-order chi connectivity index (χ1) is 11.6. The SMILES string of the molecule is O=C(C(F)C1CCNCC1)N1CCC(Oc2cccc(F)c2)CC1. The Kier molecular flexibility index (Phi) is 5.66. The highest BCUT2D eigenvalue weighted by molar-refractivity contribution is 5.81. The summed E-state index contributed by atoms with van der Waals surface area (Å²) in [5.74, 6) is -0.383. The maximum absolute atomic E-state index is 14.5. The second kappa shape index (κ2) is 7.92. The first-order valence-corrected chi connectivity index (χ1v) is 8.69. The number of likely N-dealkylation sites (tertiary alicyclic amines) is 1. The van der Waals surface area contributed by atoms with Gasteiger partial charge in [0.15, 0.2) is 6.17 Å². The van der Waals surface area contributed by atoms with E-state index in [0.717, 1.165) is 13.1 Å². The van der Waals surface area contributed by atoms with Gasteiger partial charge in [0.05, 0.1) is 0 Å². The lowest BCUT2D eigenvalue weighted by Crippen LogP contribution is -2.48. The van der Waals surface area contributed by atoms with Crippen LogP contribution >= 0.6 is 0 Å². The van der Waals surface area contributed by atoms with Gasteiger partial charge in [0.1, 0.15) is 17.7 Å². The molecule has 2 saturated heterocycles. The highest BCUT2D eigenvalue weighted by Gasteiger charge is 2.34. The number of piperidine rings is 2. The molecular formula is C18H24F2N2O2. The number of halogens is 2. The number of hydrogen-bond acceptors (Lipinski definition) is 3. The van der Waals surface area contributed by atoms with Crippen LogP contribution in [0.3, 0.4) is 0 Å². The van der Waals surface area contributed by atoms with E-state index in [1.807, 2.05) is 0 Å². The second-order valence-corrected chi connectivity index (χ2v) is 6.59. The second-order valence-electron chi connectivity index (χ2n) is 6.59. The number of alkyl halides is 1. The molecule has 1 aromatic carbocycles. The van der Waals surface area contributed by atoms with Crippen molar-refractivity contribution in [3.05, 3.63) is 30.1 Å². The summed E-state index contributed by atoms with van der Waals surface area (Å²) in [6, 6.07) is 6.05. The van der Waals surface area contributed by atoms with Crippen LogP contribution < -0.4 is 10.1 Å². The molecule has 1 amide bonds. The van der Waals surface area contributed by atoms with E-state index in [2.05, 4.69) is 5.32 Å². The Morgan fingerprint density at radius 1 is 1.21 bits per heavy atom. The van der Waals surface area contributed by atoms with Crippen molar-refractivity contribution in [2.24, 2.45) is 5.92 Å². The molecule has 0 radical (unpaired) electrons. The van der Waals surface area contributed by atoms with Gasteiger partial charge in [-0.3, -0.25) is 4.79 Å². The van der Waals surface area contributed by atoms with Crippen LogP contribution in [0.4, 0.5) is 8.78 Å². The summed E-state index contributed by atoms with van der Waals surface area (Å²) < 4.78 is 33.4. The molecule has 0 spiro atoms.